The van der Waals surface area contributed by atoms with Crippen LogP contribution in [-0.4, -0.2) is 111 Å². The zero-order chi connectivity index (χ0) is 38.2. The van der Waals surface area contributed by atoms with Gasteiger partial charge in [-0.25, -0.2) is 24.0 Å². The zero-order valence-electron chi connectivity index (χ0n) is 30.5. The number of hydrogen-bond donors (Lipinski definition) is 7. The van der Waals surface area contributed by atoms with Gasteiger partial charge in [-0.05, 0) is 85.5 Å². The van der Waals surface area contributed by atoms with Gasteiger partial charge in [-0.1, -0.05) is 13.8 Å². The van der Waals surface area contributed by atoms with Crippen LogP contribution in [-0.2, 0) is 33.3 Å². The molecule has 0 aliphatic heterocycles. The second kappa shape index (κ2) is 31.7. The fourth-order valence-electron chi connectivity index (χ4n) is 4.19. The van der Waals surface area contributed by atoms with Gasteiger partial charge in [0.2, 0.25) is 11.8 Å². The summed E-state index contributed by atoms with van der Waals surface area (Å²) in [7, 11) is 0. The third-order valence-corrected chi connectivity index (χ3v) is 6.52. The summed E-state index contributed by atoms with van der Waals surface area (Å²) >= 11 is 0. The number of amides is 6. The van der Waals surface area contributed by atoms with Crippen molar-refractivity contribution in [3.63, 3.8) is 0 Å². The monoisotopic (exact) mass is 720 g/mol. The molecular formula is C32H60N6O12. The quantitative estimate of drug-likeness (QED) is 0.0531. The Labute approximate surface area is 295 Å². The van der Waals surface area contributed by atoms with E-state index in [-0.39, 0.29) is 65.3 Å². The number of unbranched alkanes of at least 4 members (excludes halogenated alkanes) is 3. The van der Waals surface area contributed by atoms with Crippen LogP contribution in [0.2, 0.25) is 0 Å². The number of carbonyl (C=O) groups excluding carboxylic acids is 6. The molecule has 0 aromatic carbocycles. The van der Waals surface area contributed by atoms with Crippen molar-refractivity contribution < 1.29 is 57.6 Å². The lowest BCUT2D eigenvalue weighted by atomic mass is 10.0. The van der Waals surface area contributed by atoms with Crippen LogP contribution in [0.4, 0.5) is 19.2 Å². The third-order valence-electron chi connectivity index (χ3n) is 6.52. The molecule has 0 aromatic heterocycles. The first-order valence-electron chi connectivity index (χ1n) is 17.5. The highest BCUT2D eigenvalue weighted by atomic mass is 16.6. The second-order valence-corrected chi connectivity index (χ2v) is 10.3. The number of aliphatic carboxylic acids is 1. The zero-order valence-corrected chi connectivity index (χ0v) is 30.5. The Bertz CT molecular complexity index is 1000. The summed E-state index contributed by atoms with van der Waals surface area (Å²) in [5.41, 5.74) is 0. The molecule has 290 valence electrons. The minimum Gasteiger partial charge on any atom is -0.480 e. The van der Waals surface area contributed by atoms with Crippen molar-refractivity contribution in [3.05, 3.63) is 0 Å². The highest BCUT2D eigenvalue weighted by Gasteiger charge is 2.29. The van der Waals surface area contributed by atoms with Gasteiger partial charge in [-0.3, -0.25) is 9.59 Å². The van der Waals surface area contributed by atoms with Crippen LogP contribution in [0.25, 0.3) is 0 Å². The molecule has 0 aliphatic rings. The number of alkyl carbamates (subject to hydrolysis) is 4. The van der Waals surface area contributed by atoms with Crippen LogP contribution >= 0.6 is 0 Å². The Balaban J connectivity index is 0. The van der Waals surface area contributed by atoms with Crippen molar-refractivity contribution in [2.45, 2.75) is 117 Å². The van der Waals surface area contributed by atoms with Crippen LogP contribution in [0, 0.1) is 0 Å². The lowest BCUT2D eigenvalue weighted by molar-refractivity contribution is -0.142. The summed E-state index contributed by atoms with van der Waals surface area (Å²) in [6, 6.07) is -3.55. The van der Waals surface area contributed by atoms with E-state index in [4.69, 9.17) is 18.9 Å². The topological polar surface area (TPSA) is 249 Å². The number of ether oxygens (including phenoxy) is 4. The van der Waals surface area contributed by atoms with Gasteiger partial charge in [0.25, 0.3) is 0 Å². The molecule has 0 bridgehead atoms. The summed E-state index contributed by atoms with van der Waals surface area (Å²) < 4.78 is 19.3. The molecule has 0 rings (SSSR count). The molecule has 3 atom stereocenters. The molecule has 0 heterocycles. The van der Waals surface area contributed by atoms with Crippen LogP contribution in [0.15, 0.2) is 0 Å². The van der Waals surface area contributed by atoms with E-state index in [1.165, 1.54) is 0 Å². The van der Waals surface area contributed by atoms with Gasteiger partial charge in [0.1, 0.15) is 18.1 Å². The lowest BCUT2D eigenvalue weighted by Crippen LogP contribution is -2.55. The van der Waals surface area contributed by atoms with Gasteiger partial charge in [0, 0.05) is 19.6 Å². The number of hydrogen-bond acceptors (Lipinski definition) is 11. The molecule has 0 radical (unpaired) electrons. The van der Waals surface area contributed by atoms with E-state index in [1.807, 2.05) is 13.8 Å². The van der Waals surface area contributed by atoms with Crippen molar-refractivity contribution in [2.24, 2.45) is 0 Å². The second-order valence-electron chi connectivity index (χ2n) is 10.3. The van der Waals surface area contributed by atoms with E-state index in [2.05, 4.69) is 31.9 Å². The molecular weight excluding hydrogens is 660 g/mol. The number of carboxylic acids is 1. The minimum absolute atomic E-state index is 0.0581. The fraction of sp³-hybridized carbons (Fsp3) is 0.781. The van der Waals surface area contributed by atoms with E-state index in [1.54, 1.807) is 27.7 Å². The summed E-state index contributed by atoms with van der Waals surface area (Å²) in [6.45, 7) is 12.1. The lowest BCUT2D eigenvalue weighted by Gasteiger charge is -2.24. The summed E-state index contributed by atoms with van der Waals surface area (Å²) in [5.74, 6) is -2.71. The molecule has 18 nitrogen and oxygen atoms in total. The van der Waals surface area contributed by atoms with Crippen molar-refractivity contribution in [1.29, 1.82) is 0 Å². The standard InChI is InChI=1S/C30H54N6O12.C2H6/c1-5-45-27(41)31-18-12-9-15-21(24(37)35-23(26(39)40)17-11-14-20-33-29(43)47-7-3)34-25(38)22(36-30(44)48-8-4)16-10-13-19-32-28(42)46-6-2;1-2/h21-23H,5-20H2,1-4H3,(H,31,41)(H,32,42)(H,33,43)(H,34,38)(H,35,37)(H,36,44)(H,39,40);1-2H3. The average molecular weight is 721 g/mol. The van der Waals surface area contributed by atoms with Crippen molar-refractivity contribution >= 4 is 42.2 Å². The van der Waals surface area contributed by atoms with Crippen molar-refractivity contribution in [3.8, 4) is 0 Å². The van der Waals surface area contributed by atoms with Gasteiger partial charge in [0.15, 0.2) is 0 Å². The SMILES string of the molecule is CC.CCOC(=O)NCCCCC(NC(=O)C(CCCCNC(=O)OCC)NC(=O)C(CCCCNC(=O)OCC)NC(=O)OCC)C(=O)O. The largest absolute Gasteiger partial charge is 0.480 e. The highest BCUT2D eigenvalue weighted by molar-refractivity contribution is 5.92. The first-order chi connectivity index (χ1) is 24.0. The average Bonchev–Trinajstić information content (AvgIpc) is 3.07. The van der Waals surface area contributed by atoms with E-state index >= 15 is 0 Å². The van der Waals surface area contributed by atoms with Gasteiger partial charge in [-0.2, -0.15) is 0 Å². The van der Waals surface area contributed by atoms with Gasteiger partial charge in [-0.15, -0.1) is 0 Å². The normalized spacial score (nSPS) is 11.9. The van der Waals surface area contributed by atoms with Crippen molar-refractivity contribution in [2.75, 3.05) is 46.1 Å². The molecule has 7 N–H and O–H groups in total. The van der Waals surface area contributed by atoms with E-state index in [9.17, 15) is 38.7 Å². The number of carboxylic acid groups (broad SMARTS) is 1. The van der Waals surface area contributed by atoms with Gasteiger partial charge in [0.05, 0.1) is 26.4 Å². The minimum atomic E-state index is -1.27. The van der Waals surface area contributed by atoms with E-state index in [0.717, 1.165) is 0 Å². The predicted octanol–water partition coefficient (Wildman–Crippen LogP) is 2.93. The van der Waals surface area contributed by atoms with Crippen LogP contribution in [0.3, 0.4) is 0 Å². The Hall–Kier alpha value is -4.51. The van der Waals surface area contributed by atoms with Crippen molar-refractivity contribution in [1.82, 2.24) is 31.9 Å². The molecule has 0 saturated heterocycles. The van der Waals surface area contributed by atoms with Crippen LogP contribution in [0.1, 0.15) is 99.3 Å². The summed E-state index contributed by atoms with van der Waals surface area (Å²) in [6.07, 6.45) is 0.142. The molecule has 0 aromatic rings. The molecule has 50 heavy (non-hydrogen) atoms. The molecule has 0 spiro atoms. The Morgan fingerprint density at radius 1 is 0.460 bits per heavy atom. The summed E-state index contributed by atoms with van der Waals surface area (Å²) in [5, 5.41) is 25.0. The maximum atomic E-state index is 13.4. The molecule has 3 unspecified atom stereocenters. The fourth-order valence-corrected chi connectivity index (χ4v) is 4.19. The smallest absolute Gasteiger partial charge is 0.407 e. The maximum Gasteiger partial charge on any atom is 0.407 e. The van der Waals surface area contributed by atoms with Crippen LogP contribution < -0.4 is 31.9 Å². The first kappa shape index (κ1) is 47.6. The number of rotatable bonds is 25. The van der Waals surface area contributed by atoms with Crippen LogP contribution in [0.5, 0.6) is 0 Å². The molecule has 0 aliphatic carbocycles. The molecule has 0 fully saturated rings. The highest BCUT2D eigenvalue weighted by Crippen LogP contribution is 2.08. The summed E-state index contributed by atoms with van der Waals surface area (Å²) in [4.78, 5) is 85.4. The first-order valence-corrected chi connectivity index (χ1v) is 17.5. The molecule has 0 saturated carbocycles. The Morgan fingerprint density at radius 2 is 0.760 bits per heavy atom. The van der Waals surface area contributed by atoms with Gasteiger partial charge >= 0.3 is 30.3 Å². The Morgan fingerprint density at radius 3 is 1.10 bits per heavy atom. The Kier molecular flexibility index (Phi) is 30.2. The maximum absolute atomic E-state index is 13.4. The molecule has 6 amide bonds. The third kappa shape index (κ3) is 25.5. The number of nitrogens with one attached hydrogen (secondary N) is 6. The number of carbonyl (C=O) groups is 7. The van der Waals surface area contributed by atoms with Gasteiger partial charge < -0.3 is 56.0 Å². The van der Waals surface area contributed by atoms with E-state index < -0.39 is 60.3 Å². The molecule has 18 heteroatoms. The predicted molar refractivity (Wildman–Crippen MR) is 183 cm³/mol. The van der Waals surface area contributed by atoms with E-state index in [0.29, 0.717) is 38.5 Å².